The van der Waals surface area contributed by atoms with Gasteiger partial charge in [-0.25, -0.2) is 0 Å². The average Bonchev–Trinajstić information content (AvgIpc) is 2.40. The van der Waals surface area contributed by atoms with E-state index in [0.29, 0.717) is 23.3 Å². The Balaban J connectivity index is 2.66. The lowest BCUT2D eigenvalue weighted by atomic mass is 9.86. The van der Waals surface area contributed by atoms with Crippen LogP contribution in [0.25, 0.3) is 5.57 Å². The second-order valence-electron chi connectivity index (χ2n) is 4.63. The highest BCUT2D eigenvalue weighted by molar-refractivity contribution is 6.23. The van der Waals surface area contributed by atoms with E-state index in [9.17, 15) is 14.9 Å². The summed E-state index contributed by atoms with van der Waals surface area (Å²) in [7, 11) is 1.44. The molecule has 0 heterocycles. The number of carbonyl (C=O) groups excluding carboxylic acids is 1. The zero-order chi connectivity index (χ0) is 14.0. The van der Waals surface area contributed by atoms with Gasteiger partial charge in [0.15, 0.2) is 5.78 Å². The fourth-order valence-electron chi connectivity index (χ4n) is 2.29. The fraction of sp³-hybridized carbons (Fsp3) is 0.357. The van der Waals surface area contributed by atoms with Crippen LogP contribution in [0.2, 0.25) is 0 Å². The van der Waals surface area contributed by atoms with Gasteiger partial charge < -0.3 is 4.74 Å². The maximum Gasteiger partial charge on any atom is 0.281 e. The van der Waals surface area contributed by atoms with Crippen LogP contribution < -0.4 is 4.74 Å². The smallest absolute Gasteiger partial charge is 0.281 e. The molecule has 0 spiro atoms. The first-order valence-corrected chi connectivity index (χ1v) is 6.11. The van der Waals surface area contributed by atoms with E-state index < -0.39 is 4.92 Å². The zero-order valence-electron chi connectivity index (χ0n) is 10.9. The van der Waals surface area contributed by atoms with E-state index in [2.05, 4.69) is 0 Å². The Morgan fingerprint density at radius 3 is 2.79 bits per heavy atom. The molecule has 1 aromatic carbocycles. The number of hydrogen-bond acceptors (Lipinski definition) is 4. The first kappa shape index (κ1) is 13.3. The van der Waals surface area contributed by atoms with Gasteiger partial charge in [0, 0.05) is 18.1 Å². The summed E-state index contributed by atoms with van der Waals surface area (Å²) in [6.45, 7) is 1.99. The molecule has 5 heteroatoms. The number of nitro benzene ring substituents is 1. The number of ether oxygens (including phenoxy) is 1. The molecule has 1 aromatic rings. The highest BCUT2D eigenvalue weighted by Gasteiger charge is 2.28. The molecule has 2 rings (SSSR count). The number of Topliss-reactive ketones (excluding diaryl/α,β-unsaturated/α-hetero) is 1. The molecule has 0 saturated carbocycles. The third-order valence-electron chi connectivity index (χ3n) is 3.27. The van der Waals surface area contributed by atoms with Gasteiger partial charge in [-0.2, -0.15) is 0 Å². The van der Waals surface area contributed by atoms with Crippen LogP contribution in [0.3, 0.4) is 0 Å². The number of nitrogens with zero attached hydrogens (tertiary/aromatic N) is 1. The predicted molar refractivity (Wildman–Crippen MR) is 71.0 cm³/mol. The monoisotopic (exact) mass is 261 g/mol. The lowest BCUT2D eigenvalue weighted by Crippen LogP contribution is -2.13. The molecule has 5 nitrogen and oxygen atoms in total. The number of carbonyl (C=O) groups is 1. The van der Waals surface area contributed by atoms with Crippen molar-refractivity contribution in [1.29, 1.82) is 0 Å². The topological polar surface area (TPSA) is 69.4 Å². The van der Waals surface area contributed by atoms with Gasteiger partial charge in [-0.1, -0.05) is 19.1 Å². The molecule has 100 valence electrons. The fourth-order valence-corrected chi connectivity index (χ4v) is 2.29. The number of ketones is 1. The Morgan fingerprint density at radius 2 is 2.16 bits per heavy atom. The molecular weight excluding hydrogens is 246 g/mol. The van der Waals surface area contributed by atoms with E-state index in [1.54, 1.807) is 18.2 Å². The van der Waals surface area contributed by atoms with E-state index >= 15 is 0 Å². The Morgan fingerprint density at radius 1 is 1.42 bits per heavy atom. The lowest BCUT2D eigenvalue weighted by molar-refractivity contribution is -0.385. The summed E-state index contributed by atoms with van der Waals surface area (Å²) in [6.07, 6.45) is 3.00. The highest BCUT2D eigenvalue weighted by Crippen LogP contribution is 2.38. The Labute approximate surface area is 111 Å². The van der Waals surface area contributed by atoms with E-state index in [0.717, 1.165) is 6.42 Å². The lowest BCUT2D eigenvalue weighted by Gasteiger charge is -2.18. The van der Waals surface area contributed by atoms with E-state index in [4.69, 9.17) is 4.74 Å². The van der Waals surface area contributed by atoms with Crippen molar-refractivity contribution in [1.82, 2.24) is 0 Å². The molecule has 0 radical (unpaired) electrons. The van der Waals surface area contributed by atoms with E-state index in [-0.39, 0.29) is 17.4 Å². The van der Waals surface area contributed by atoms with Crippen molar-refractivity contribution in [2.75, 3.05) is 7.11 Å². The summed E-state index contributed by atoms with van der Waals surface area (Å²) < 4.78 is 5.18. The predicted octanol–water partition coefficient (Wildman–Crippen LogP) is 2.99. The third kappa shape index (κ3) is 2.50. The van der Waals surface area contributed by atoms with Crippen LogP contribution in [0.1, 0.15) is 25.3 Å². The molecule has 0 fully saturated rings. The van der Waals surface area contributed by atoms with Gasteiger partial charge in [-0.15, -0.1) is 0 Å². The Kier molecular flexibility index (Phi) is 3.64. The van der Waals surface area contributed by atoms with Crippen LogP contribution in [-0.4, -0.2) is 17.8 Å². The SMILES string of the molecule is COc1cccc([N+](=O)[O-])c1C1=C[C@H](C)CCC1=O. The van der Waals surface area contributed by atoms with Crippen LogP contribution in [0.5, 0.6) is 5.75 Å². The first-order chi connectivity index (χ1) is 9.04. The average molecular weight is 261 g/mol. The summed E-state index contributed by atoms with van der Waals surface area (Å²) in [5, 5.41) is 11.1. The highest BCUT2D eigenvalue weighted by atomic mass is 16.6. The van der Waals surface area contributed by atoms with E-state index in [1.807, 2.05) is 6.92 Å². The van der Waals surface area contributed by atoms with Gasteiger partial charge >= 0.3 is 0 Å². The van der Waals surface area contributed by atoms with E-state index in [1.165, 1.54) is 13.2 Å². The number of nitro groups is 1. The quantitative estimate of drug-likeness (QED) is 0.619. The number of hydrogen-bond donors (Lipinski definition) is 0. The van der Waals surface area contributed by atoms with Gasteiger partial charge in [-0.3, -0.25) is 14.9 Å². The van der Waals surface area contributed by atoms with Crippen molar-refractivity contribution >= 4 is 17.0 Å². The summed E-state index contributed by atoms with van der Waals surface area (Å²) in [6, 6.07) is 4.58. The van der Waals surface area contributed by atoms with Crippen molar-refractivity contribution in [2.24, 2.45) is 5.92 Å². The van der Waals surface area contributed by atoms with Gasteiger partial charge in [0.2, 0.25) is 0 Å². The maximum absolute atomic E-state index is 12.0. The number of allylic oxidation sites excluding steroid dienone is 2. The van der Waals surface area contributed by atoms with Crippen molar-refractivity contribution in [3.63, 3.8) is 0 Å². The van der Waals surface area contributed by atoms with Crippen molar-refractivity contribution < 1.29 is 14.5 Å². The molecular formula is C14H15NO4. The molecule has 19 heavy (non-hydrogen) atoms. The van der Waals surface area contributed by atoms with Crippen molar-refractivity contribution in [2.45, 2.75) is 19.8 Å². The van der Waals surface area contributed by atoms with Crippen LogP contribution >= 0.6 is 0 Å². The minimum Gasteiger partial charge on any atom is -0.496 e. The van der Waals surface area contributed by atoms with Crippen LogP contribution in [0.15, 0.2) is 24.3 Å². The molecule has 0 amide bonds. The Bertz CT molecular complexity index is 563. The van der Waals surface area contributed by atoms with Gasteiger partial charge in [0.05, 0.1) is 12.0 Å². The van der Waals surface area contributed by atoms with Gasteiger partial charge in [0.1, 0.15) is 11.3 Å². The molecule has 1 aliphatic rings. The largest absolute Gasteiger partial charge is 0.496 e. The minimum atomic E-state index is -0.481. The number of benzene rings is 1. The summed E-state index contributed by atoms with van der Waals surface area (Å²) in [5.41, 5.74) is 0.613. The van der Waals surface area contributed by atoms with Crippen LogP contribution in [0.4, 0.5) is 5.69 Å². The molecule has 0 aliphatic heterocycles. The second-order valence-corrected chi connectivity index (χ2v) is 4.63. The summed E-state index contributed by atoms with van der Waals surface area (Å²) in [5.74, 6) is 0.533. The third-order valence-corrected chi connectivity index (χ3v) is 3.27. The number of methoxy groups -OCH3 is 1. The van der Waals surface area contributed by atoms with Crippen LogP contribution in [-0.2, 0) is 4.79 Å². The Hall–Kier alpha value is -2.17. The first-order valence-electron chi connectivity index (χ1n) is 6.11. The molecule has 1 atom stereocenters. The molecule has 0 aromatic heterocycles. The van der Waals surface area contributed by atoms with Crippen LogP contribution in [0, 0.1) is 16.0 Å². The van der Waals surface area contributed by atoms with Gasteiger partial charge in [-0.05, 0) is 18.4 Å². The molecule has 0 saturated heterocycles. The molecule has 0 bridgehead atoms. The van der Waals surface area contributed by atoms with Crippen molar-refractivity contribution in [3.8, 4) is 5.75 Å². The zero-order valence-corrected chi connectivity index (χ0v) is 10.9. The maximum atomic E-state index is 12.0. The minimum absolute atomic E-state index is 0.0642. The molecule has 1 aliphatic carbocycles. The summed E-state index contributed by atoms with van der Waals surface area (Å²) in [4.78, 5) is 22.7. The molecule has 0 unspecified atom stereocenters. The molecule has 0 N–H and O–H groups in total. The van der Waals surface area contributed by atoms with Crippen molar-refractivity contribution in [3.05, 3.63) is 40.0 Å². The van der Waals surface area contributed by atoms with Gasteiger partial charge in [0.25, 0.3) is 5.69 Å². The standard InChI is InChI=1S/C14H15NO4/c1-9-6-7-12(16)10(8-9)14-11(15(17)18)4-3-5-13(14)19-2/h3-5,8-9H,6-7H2,1-2H3/t9-/m1/s1. The normalized spacial score (nSPS) is 18.9. The number of rotatable bonds is 3. The summed E-state index contributed by atoms with van der Waals surface area (Å²) >= 11 is 0. The second kappa shape index (κ2) is 5.22.